The van der Waals surface area contributed by atoms with Gasteiger partial charge in [0.15, 0.2) is 5.69 Å². The van der Waals surface area contributed by atoms with Crippen molar-refractivity contribution in [3.8, 4) is 0 Å². The molecule has 1 heterocycles. The zero-order valence-electron chi connectivity index (χ0n) is 14.7. The second-order valence-electron chi connectivity index (χ2n) is 5.68. The van der Waals surface area contributed by atoms with E-state index in [-0.39, 0.29) is 24.2 Å². The molecule has 2 aromatic rings. The molecule has 140 valence electrons. The highest BCUT2D eigenvalue weighted by Gasteiger charge is 2.15. The van der Waals surface area contributed by atoms with Gasteiger partial charge >= 0.3 is 6.09 Å². The second-order valence-corrected chi connectivity index (χ2v) is 5.68. The summed E-state index contributed by atoms with van der Waals surface area (Å²) in [6.45, 7) is 2.91. The summed E-state index contributed by atoms with van der Waals surface area (Å²) < 4.78 is 10.3. The summed E-state index contributed by atoms with van der Waals surface area (Å²) in [7, 11) is 0. The van der Waals surface area contributed by atoms with Gasteiger partial charge in [-0.15, -0.1) is 0 Å². The number of hydrogen-bond acceptors (Lipinski definition) is 6. The standard InChI is InChI=1S/C18H24N4O4/c1-2-14(19)17-22-15(12-25-17)16(23)20-9-6-10-21-18(24)26-11-13-7-4-3-5-8-13/h3-5,7-8,12,14H,2,6,9-11,19H2,1H3,(H,20,23)(H,21,24). The van der Waals surface area contributed by atoms with E-state index >= 15 is 0 Å². The second kappa shape index (κ2) is 10.2. The van der Waals surface area contributed by atoms with Crippen molar-refractivity contribution in [3.05, 3.63) is 53.7 Å². The lowest BCUT2D eigenvalue weighted by Gasteiger charge is -2.07. The Morgan fingerprint density at radius 1 is 1.23 bits per heavy atom. The topological polar surface area (TPSA) is 119 Å². The van der Waals surface area contributed by atoms with Gasteiger partial charge < -0.3 is 25.5 Å². The summed E-state index contributed by atoms with van der Waals surface area (Å²) >= 11 is 0. The maximum absolute atomic E-state index is 11.9. The smallest absolute Gasteiger partial charge is 0.407 e. The molecule has 1 unspecified atom stereocenters. The number of oxazole rings is 1. The first-order valence-corrected chi connectivity index (χ1v) is 8.54. The molecule has 0 saturated carbocycles. The fourth-order valence-corrected chi connectivity index (χ4v) is 2.08. The maximum Gasteiger partial charge on any atom is 0.407 e. The van der Waals surface area contributed by atoms with Crippen molar-refractivity contribution in [3.63, 3.8) is 0 Å². The first-order valence-electron chi connectivity index (χ1n) is 8.54. The molecule has 26 heavy (non-hydrogen) atoms. The lowest BCUT2D eigenvalue weighted by molar-refractivity contribution is 0.0948. The summed E-state index contributed by atoms with van der Waals surface area (Å²) in [5, 5.41) is 5.34. The third kappa shape index (κ3) is 6.21. The molecular weight excluding hydrogens is 336 g/mol. The van der Waals surface area contributed by atoms with Gasteiger partial charge in [-0.3, -0.25) is 4.79 Å². The molecule has 0 radical (unpaired) electrons. The van der Waals surface area contributed by atoms with Crippen molar-refractivity contribution in [2.75, 3.05) is 13.1 Å². The van der Waals surface area contributed by atoms with Gasteiger partial charge in [0.25, 0.3) is 5.91 Å². The molecule has 0 saturated heterocycles. The van der Waals surface area contributed by atoms with E-state index in [9.17, 15) is 9.59 Å². The van der Waals surface area contributed by atoms with Crippen LogP contribution in [0.4, 0.5) is 4.79 Å². The number of benzene rings is 1. The fourth-order valence-electron chi connectivity index (χ4n) is 2.08. The molecule has 2 amide bonds. The third-order valence-corrected chi connectivity index (χ3v) is 3.63. The average molecular weight is 360 g/mol. The van der Waals surface area contributed by atoms with Gasteiger partial charge in [0, 0.05) is 13.1 Å². The lowest BCUT2D eigenvalue weighted by atomic mass is 10.2. The van der Waals surface area contributed by atoms with E-state index < -0.39 is 6.09 Å². The largest absolute Gasteiger partial charge is 0.446 e. The number of carbonyl (C=O) groups is 2. The van der Waals surface area contributed by atoms with Crippen LogP contribution >= 0.6 is 0 Å². The van der Waals surface area contributed by atoms with Gasteiger partial charge in [-0.05, 0) is 18.4 Å². The molecule has 8 heteroatoms. The molecule has 1 aromatic heterocycles. The van der Waals surface area contributed by atoms with E-state index in [0.717, 1.165) is 5.56 Å². The number of amides is 2. The third-order valence-electron chi connectivity index (χ3n) is 3.63. The first kappa shape index (κ1) is 19.5. The lowest BCUT2D eigenvalue weighted by Crippen LogP contribution is -2.30. The van der Waals surface area contributed by atoms with Gasteiger partial charge in [0.2, 0.25) is 5.89 Å². The number of nitrogens with two attached hydrogens (primary N) is 1. The zero-order chi connectivity index (χ0) is 18.8. The Bertz CT molecular complexity index is 702. The van der Waals surface area contributed by atoms with Crippen LogP contribution in [0.1, 0.15) is 47.7 Å². The van der Waals surface area contributed by atoms with E-state index in [0.29, 0.717) is 31.8 Å². The van der Waals surface area contributed by atoms with Crippen LogP contribution in [-0.2, 0) is 11.3 Å². The van der Waals surface area contributed by atoms with E-state index in [1.807, 2.05) is 37.3 Å². The number of ether oxygens (including phenoxy) is 1. The number of nitrogens with zero attached hydrogens (tertiary/aromatic N) is 1. The van der Waals surface area contributed by atoms with E-state index in [1.165, 1.54) is 6.26 Å². The van der Waals surface area contributed by atoms with E-state index in [1.54, 1.807) is 0 Å². The molecule has 0 aliphatic carbocycles. The number of nitrogens with one attached hydrogen (secondary N) is 2. The number of carbonyl (C=O) groups excluding carboxylic acids is 2. The molecule has 1 atom stereocenters. The van der Waals surface area contributed by atoms with Crippen molar-refractivity contribution in [1.82, 2.24) is 15.6 Å². The minimum atomic E-state index is -0.491. The van der Waals surface area contributed by atoms with Gasteiger partial charge in [0.05, 0.1) is 6.04 Å². The summed E-state index contributed by atoms with van der Waals surface area (Å²) in [6, 6.07) is 9.11. The van der Waals surface area contributed by atoms with Gasteiger partial charge in [0.1, 0.15) is 12.9 Å². The van der Waals surface area contributed by atoms with Gasteiger partial charge in [-0.1, -0.05) is 37.3 Å². The van der Waals surface area contributed by atoms with Gasteiger partial charge in [-0.25, -0.2) is 9.78 Å². The van der Waals surface area contributed by atoms with Crippen molar-refractivity contribution in [2.45, 2.75) is 32.4 Å². The minimum absolute atomic E-state index is 0.194. The van der Waals surface area contributed by atoms with Crippen molar-refractivity contribution < 1.29 is 18.7 Å². The minimum Gasteiger partial charge on any atom is -0.446 e. The first-order chi connectivity index (χ1) is 12.6. The quantitative estimate of drug-likeness (QED) is 0.589. The Hall–Kier alpha value is -2.87. The normalized spacial score (nSPS) is 11.6. The summed E-state index contributed by atoms with van der Waals surface area (Å²) in [5.74, 6) is 0.00966. The summed E-state index contributed by atoms with van der Waals surface area (Å²) in [4.78, 5) is 27.6. The van der Waals surface area contributed by atoms with Crippen LogP contribution in [0, 0.1) is 0 Å². The Labute approximate surface area is 152 Å². The Morgan fingerprint density at radius 3 is 2.69 bits per heavy atom. The summed E-state index contributed by atoms with van der Waals surface area (Å²) in [5.41, 5.74) is 6.91. The molecule has 8 nitrogen and oxygen atoms in total. The molecule has 4 N–H and O–H groups in total. The monoisotopic (exact) mass is 360 g/mol. The molecular formula is C18H24N4O4. The molecule has 0 bridgehead atoms. The molecule has 0 aliphatic rings. The molecule has 2 rings (SSSR count). The molecule has 0 aliphatic heterocycles. The van der Waals surface area contributed by atoms with E-state index in [4.69, 9.17) is 14.9 Å². The predicted octanol–water partition coefficient (Wildman–Crippen LogP) is 2.13. The van der Waals surface area contributed by atoms with Crippen molar-refractivity contribution in [1.29, 1.82) is 0 Å². The van der Waals surface area contributed by atoms with Crippen LogP contribution in [0.15, 0.2) is 41.0 Å². The van der Waals surface area contributed by atoms with Crippen LogP contribution in [-0.4, -0.2) is 30.1 Å². The van der Waals surface area contributed by atoms with Crippen LogP contribution in [0.3, 0.4) is 0 Å². The SMILES string of the molecule is CCC(N)c1nc(C(=O)NCCCNC(=O)OCc2ccccc2)co1. The van der Waals surface area contributed by atoms with Crippen LogP contribution < -0.4 is 16.4 Å². The Morgan fingerprint density at radius 2 is 1.96 bits per heavy atom. The zero-order valence-corrected chi connectivity index (χ0v) is 14.7. The highest BCUT2D eigenvalue weighted by Crippen LogP contribution is 2.12. The number of hydrogen-bond donors (Lipinski definition) is 3. The summed E-state index contributed by atoms with van der Waals surface area (Å²) in [6.07, 6.45) is 2.04. The molecule has 0 fully saturated rings. The van der Waals surface area contributed by atoms with Crippen molar-refractivity contribution >= 4 is 12.0 Å². The highest BCUT2D eigenvalue weighted by atomic mass is 16.5. The van der Waals surface area contributed by atoms with Gasteiger partial charge in [-0.2, -0.15) is 0 Å². The predicted molar refractivity (Wildman–Crippen MR) is 95.3 cm³/mol. The number of aromatic nitrogens is 1. The average Bonchev–Trinajstić information content (AvgIpc) is 3.16. The number of rotatable bonds is 9. The number of alkyl carbamates (subject to hydrolysis) is 1. The van der Waals surface area contributed by atoms with Crippen LogP contribution in [0.5, 0.6) is 0 Å². The maximum atomic E-state index is 11.9. The Balaban J connectivity index is 1.59. The highest BCUT2D eigenvalue weighted by molar-refractivity contribution is 5.91. The van der Waals surface area contributed by atoms with Crippen molar-refractivity contribution in [2.24, 2.45) is 5.73 Å². The van der Waals surface area contributed by atoms with E-state index in [2.05, 4.69) is 15.6 Å². The van der Waals surface area contributed by atoms with Crippen LogP contribution in [0.25, 0.3) is 0 Å². The Kier molecular flexibility index (Phi) is 7.63. The molecule has 1 aromatic carbocycles. The fraction of sp³-hybridized carbons (Fsp3) is 0.389. The molecule has 0 spiro atoms. The van der Waals surface area contributed by atoms with Crippen LogP contribution in [0.2, 0.25) is 0 Å².